The van der Waals surface area contributed by atoms with Gasteiger partial charge in [-0.05, 0) is 41.8 Å². The van der Waals surface area contributed by atoms with E-state index in [1.54, 1.807) is 30.3 Å². The van der Waals surface area contributed by atoms with Crippen LogP contribution < -0.4 is 14.5 Å². The number of hydrogen-bond donors (Lipinski definition) is 1. The van der Waals surface area contributed by atoms with Crippen LogP contribution in [0.2, 0.25) is 0 Å². The Hall–Kier alpha value is -4.25. The van der Waals surface area contributed by atoms with Crippen LogP contribution in [0.15, 0.2) is 82.8 Å². The van der Waals surface area contributed by atoms with Gasteiger partial charge in [0, 0.05) is 17.7 Å². The van der Waals surface area contributed by atoms with Crippen molar-refractivity contribution in [3.05, 3.63) is 94.0 Å². The van der Waals surface area contributed by atoms with Gasteiger partial charge in [-0.3, -0.25) is 19.2 Å². The SMILES string of the molecule is COc1ccc([N+](=O)[O-])cc1/C=N/NC(=O)CN(c1ccc(C(C)C)cc1)S(=O)(=O)c1ccccc1. The number of non-ortho nitro benzene ring substituents is 1. The Bertz CT molecular complexity index is 1360. The lowest BCUT2D eigenvalue weighted by Gasteiger charge is -2.24. The molecule has 0 saturated carbocycles. The smallest absolute Gasteiger partial charge is 0.270 e. The number of nitrogens with one attached hydrogen (secondary N) is 1. The van der Waals surface area contributed by atoms with Crippen molar-refractivity contribution in [2.75, 3.05) is 18.0 Å². The summed E-state index contributed by atoms with van der Waals surface area (Å²) in [5.41, 5.74) is 3.73. The average molecular weight is 511 g/mol. The largest absolute Gasteiger partial charge is 0.496 e. The summed E-state index contributed by atoms with van der Waals surface area (Å²) in [6.07, 6.45) is 1.19. The number of sulfonamides is 1. The van der Waals surface area contributed by atoms with Crippen LogP contribution in [0.25, 0.3) is 0 Å². The molecular weight excluding hydrogens is 484 g/mol. The first-order valence-corrected chi connectivity index (χ1v) is 12.4. The number of hydrogen-bond acceptors (Lipinski definition) is 7. The standard InChI is InChI=1S/C25H26N4O6S/c1-18(2)19-9-11-21(12-10-19)28(36(33,34)23-7-5-4-6-8-23)17-25(30)27-26-16-20-15-22(29(31)32)13-14-24(20)35-3/h4-16,18H,17H2,1-3H3,(H,27,30)/b26-16+. The molecule has 1 N–H and O–H groups in total. The number of nitro benzene ring substituents is 1. The molecule has 0 atom stereocenters. The van der Waals surface area contributed by atoms with Crippen LogP contribution in [-0.2, 0) is 14.8 Å². The summed E-state index contributed by atoms with van der Waals surface area (Å²) in [5, 5.41) is 14.9. The zero-order valence-corrected chi connectivity index (χ0v) is 20.8. The third kappa shape index (κ3) is 6.25. The number of benzene rings is 3. The van der Waals surface area contributed by atoms with E-state index in [1.807, 2.05) is 26.0 Å². The Morgan fingerprint density at radius 3 is 2.36 bits per heavy atom. The summed E-state index contributed by atoms with van der Waals surface area (Å²) in [7, 11) is -2.66. The average Bonchev–Trinajstić information content (AvgIpc) is 2.87. The zero-order chi connectivity index (χ0) is 26.3. The highest BCUT2D eigenvalue weighted by molar-refractivity contribution is 7.92. The fourth-order valence-corrected chi connectivity index (χ4v) is 4.78. The van der Waals surface area contributed by atoms with Gasteiger partial charge in [0.1, 0.15) is 12.3 Å². The van der Waals surface area contributed by atoms with E-state index in [0.29, 0.717) is 11.4 Å². The number of carbonyl (C=O) groups excluding carboxylic acids is 1. The Balaban J connectivity index is 1.86. The minimum absolute atomic E-state index is 0.0376. The minimum Gasteiger partial charge on any atom is -0.496 e. The number of methoxy groups -OCH3 is 1. The van der Waals surface area contributed by atoms with Gasteiger partial charge in [-0.15, -0.1) is 0 Å². The Labute approximate surface area is 209 Å². The number of nitrogens with zero attached hydrogens (tertiary/aromatic N) is 3. The summed E-state index contributed by atoms with van der Waals surface area (Å²) in [5.74, 6) is -0.137. The van der Waals surface area contributed by atoms with Gasteiger partial charge in [-0.1, -0.05) is 44.2 Å². The molecule has 0 spiro atoms. The number of hydrazone groups is 1. The van der Waals surface area contributed by atoms with Gasteiger partial charge in [0.15, 0.2) is 0 Å². The van der Waals surface area contributed by atoms with Crippen LogP contribution in [-0.4, -0.2) is 39.1 Å². The third-order valence-corrected chi connectivity index (χ3v) is 7.07. The van der Waals surface area contributed by atoms with E-state index in [4.69, 9.17) is 4.74 Å². The molecule has 0 aromatic heterocycles. The van der Waals surface area contributed by atoms with E-state index in [0.717, 1.165) is 9.87 Å². The molecule has 36 heavy (non-hydrogen) atoms. The molecule has 0 aliphatic carbocycles. The van der Waals surface area contributed by atoms with E-state index in [2.05, 4.69) is 10.5 Å². The van der Waals surface area contributed by atoms with Crippen LogP contribution in [0.1, 0.15) is 30.9 Å². The lowest BCUT2D eigenvalue weighted by molar-refractivity contribution is -0.384. The molecule has 0 radical (unpaired) electrons. The fraction of sp³-hybridized carbons (Fsp3) is 0.200. The van der Waals surface area contributed by atoms with Crippen molar-refractivity contribution in [1.82, 2.24) is 5.43 Å². The number of nitro groups is 1. The molecule has 188 valence electrons. The van der Waals surface area contributed by atoms with Crippen LogP contribution in [0.5, 0.6) is 5.75 Å². The molecule has 0 unspecified atom stereocenters. The van der Waals surface area contributed by atoms with E-state index in [9.17, 15) is 23.3 Å². The molecule has 0 heterocycles. The molecule has 1 amide bonds. The molecule has 3 aromatic rings. The second kappa shape index (κ2) is 11.5. The van der Waals surface area contributed by atoms with Crippen LogP contribution in [0.4, 0.5) is 11.4 Å². The number of rotatable bonds is 10. The molecule has 10 nitrogen and oxygen atoms in total. The van der Waals surface area contributed by atoms with Gasteiger partial charge in [0.25, 0.3) is 21.6 Å². The molecule has 0 bridgehead atoms. The van der Waals surface area contributed by atoms with Crippen LogP contribution in [0, 0.1) is 10.1 Å². The van der Waals surface area contributed by atoms with E-state index in [1.165, 1.54) is 43.7 Å². The van der Waals surface area contributed by atoms with Crippen LogP contribution in [0.3, 0.4) is 0 Å². The van der Waals surface area contributed by atoms with Gasteiger partial charge < -0.3 is 4.74 Å². The Morgan fingerprint density at radius 1 is 1.11 bits per heavy atom. The number of ether oxygens (including phenoxy) is 1. The lowest BCUT2D eigenvalue weighted by Crippen LogP contribution is -2.39. The van der Waals surface area contributed by atoms with Crippen molar-refractivity contribution >= 4 is 33.5 Å². The summed E-state index contributed by atoms with van der Waals surface area (Å²) in [4.78, 5) is 23.3. The third-order valence-electron chi connectivity index (χ3n) is 5.28. The molecule has 0 saturated heterocycles. The highest BCUT2D eigenvalue weighted by atomic mass is 32.2. The molecule has 0 fully saturated rings. The minimum atomic E-state index is -4.06. The van der Waals surface area contributed by atoms with Crippen LogP contribution >= 0.6 is 0 Å². The summed E-state index contributed by atoms with van der Waals surface area (Å²) in [6.45, 7) is 3.51. The predicted molar refractivity (Wildman–Crippen MR) is 137 cm³/mol. The van der Waals surface area contributed by atoms with Gasteiger partial charge in [-0.2, -0.15) is 5.10 Å². The second-order valence-electron chi connectivity index (χ2n) is 8.05. The van der Waals surface area contributed by atoms with Crippen molar-refractivity contribution in [1.29, 1.82) is 0 Å². The van der Waals surface area contributed by atoms with Gasteiger partial charge in [0.05, 0.1) is 28.8 Å². The molecule has 3 aromatic carbocycles. The monoisotopic (exact) mass is 510 g/mol. The number of carbonyl (C=O) groups is 1. The van der Waals surface area contributed by atoms with Crippen molar-refractivity contribution < 1.29 is 22.9 Å². The summed E-state index contributed by atoms with van der Waals surface area (Å²) >= 11 is 0. The highest BCUT2D eigenvalue weighted by Crippen LogP contribution is 2.26. The lowest BCUT2D eigenvalue weighted by atomic mass is 10.0. The molecular formula is C25H26N4O6S. The van der Waals surface area contributed by atoms with Gasteiger partial charge in [0.2, 0.25) is 0 Å². The van der Waals surface area contributed by atoms with E-state index >= 15 is 0 Å². The molecule has 0 aliphatic rings. The summed E-state index contributed by atoms with van der Waals surface area (Å²) in [6, 6.07) is 18.7. The highest BCUT2D eigenvalue weighted by Gasteiger charge is 2.27. The predicted octanol–water partition coefficient (Wildman–Crippen LogP) is 4.07. The number of amides is 1. The Kier molecular flexibility index (Phi) is 8.38. The first kappa shape index (κ1) is 26.4. The zero-order valence-electron chi connectivity index (χ0n) is 20.0. The van der Waals surface area contributed by atoms with Crippen molar-refractivity contribution in [2.45, 2.75) is 24.7 Å². The fourth-order valence-electron chi connectivity index (χ4n) is 3.34. The first-order valence-electron chi connectivity index (χ1n) is 11.0. The van der Waals surface area contributed by atoms with E-state index in [-0.39, 0.29) is 22.1 Å². The molecule has 0 aliphatic heterocycles. The molecule has 3 rings (SSSR count). The normalized spacial score (nSPS) is 11.4. The quantitative estimate of drug-likeness (QED) is 0.248. The van der Waals surface area contributed by atoms with Crippen molar-refractivity contribution in [2.24, 2.45) is 5.10 Å². The Morgan fingerprint density at radius 2 is 1.78 bits per heavy atom. The first-order chi connectivity index (χ1) is 17.1. The summed E-state index contributed by atoms with van der Waals surface area (Å²) < 4.78 is 33.0. The maximum absolute atomic E-state index is 13.4. The molecule has 11 heteroatoms. The maximum atomic E-state index is 13.4. The van der Waals surface area contributed by atoms with Crippen molar-refractivity contribution in [3.63, 3.8) is 0 Å². The topological polar surface area (TPSA) is 131 Å². The van der Waals surface area contributed by atoms with Gasteiger partial charge in [-0.25, -0.2) is 13.8 Å². The van der Waals surface area contributed by atoms with E-state index < -0.39 is 27.4 Å². The second-order valence-corrected chi connectivity index (χ2v) is 9.91. The number of anilines is 1. The maximum Gasteiger partial charge on any atom is 0.270 e. The van der Waals surface area contributed by atoms with Crippen molar-refractivity contribution in [3.8, 4) is 5.75 Å². The van der Waals surface area contributed by atoms with Gasteiger partial charge >= 0.3 is 0 Å².